The van der Waals surface area contributed by atoms with E-state index in [0.29, 0.717) is 5.56 Å². The lowest BCUT2D eigenvalue weighted by molar-refractivity contribution is 0.0601. The highest BCUT2D eigenvalue weighted by Gasteiger charge is 2.22. The summed E-state index contributed by atoms with van der Waals surface area (Å²) in [6.07, 6.45) is 0. The SMILES string of the molecule is CC(C)(O)c1cc(Br)ccc1-c1cccc2c1ccc1ccccc12.COC(=O)c1cc(Br)ccc1-c1cccc2c1ccc1ccccc12. The molecule has 246 valence electrons. The molecule has 3 nitrogen and oxygen atoms in total. The van der Waals surface area contributed by atoms with Crippen molar-refractivity contribution in [1.82, 2.24) is 0 Å². The summed E-state index contributed by atoms with van der Waals surface area (Å²) in [5, 5.41) is 20.3. The molecule has 0 bridgehead atoms. The fourth-order valence-corrected chi connectivity index (χ4v) is 7.56. The Kier molecular flexibility index (Phi) is 9.32. The van der Waals surface area contributed by atoms with Crippen LogP contribution in [0.1, 0.15) is 29.8 Å². The smallest absolute Gasteiger partial charge is 0.338 e. The van der Waals surface area contributed by atoms with Gasteiger partial charge in [0.25, 0.3) is 0 Å². The van der Waals surface area contributed by atoms with Gasteiger partial charge in [0.1, 0.15) is 0 Å². The van der Waals surface area contributed by atoms with Crippen LogP contribution in [0.5, 0.6) is 0 Å². The molecule has 0 saturated carbocycles. The first-order chi connectivity index (χ1) is 24.1. The van der Waals surface area contributed by atoms with Gasteiger partial charge >= 0.3 is 5.97 Å². The third-order valence-electron chi connectivity index (χ3n) is 9.18. The number of hydrogen-bond acceptors (Lipinski definition) is 3. The minimum atomic E-state index is -0.919. The van der Waals surface area contributed by atoms with E-state index in [2.05, 4.69) is 123 Å². The average molecular weight is 783 g/mol. The van der Waals surface area contributed by atoms with Crippen LogP contribution in [-0.2, 0) is 10.3 Å². The highest BCUT2D eigenvalue weighted by atomic mass is 79.9. The van der Waals surface area contributed by atoms with Crippen LogP contribution in [0, 0.1) is 0 Å². The molecule has 0 aromatic heterocycles. The fraction of sp³-hybridized carbons (Fsp3) is 0.0889. The Morgan fingerprint density at radius 2 is 1.00 bits per heavy atom. The zero-order valence-electron chi connectivity index (χ0n) is 27.9. The summed E-state index contributed by atoms with van der Waals surface area (Å²) >= 11 is 6.97. The lowest BCUT2D eigenvalue weighted by Gasteiger charge is -2.23. The van der Waals surface area contributed by atoms with Crippen LogP contribution in [0.15, 0.2) is 155 Å². The normalized spacial score (nSPS) is 11.5. The molecule has 0 fully saturated rings. The molecule has 0 unspecified atom stereocenters. The molecule has 0 aliphatic carbocycles. The zero-order valence-corrected chi connectivity index (χ0v) is 31.0. The van der Waals surface area contributed by atoms with Crippen LogP contribution in [0.4, 0.5) is 0 Å². The van der Waals surface area contributed by atoms with Crippen molar-refractivity contribution in [3.8, 4) is 22.3 Å². The second kappa shape index (κ2) is 13.8. The first kappa shape index (κ1) is 33.7. The molecule has 8 aromatic rings. The topological polar surface area (TPSA) is 46.5 Å². The maximum absolute atomic E-state index is 12.3. The summed E-state index contributed by atoms with van der Waals surface area (Å²) < 4.78 is 6.80. The molecule has 0 aliphatic rings. The van der Waals surface area contributed by atoms with Gasteiger partial charge in [0, 0.05) is 8.95 Å². The number of halogens is 2. The maximum atomic E-state index is 12.3. The molecule has 5 heteroatoms. The van der Waals surface area contributed by atoms with E-state index in [1.807, 2.05) is 62.4 Å². The summed E-state index contributed by atoms with van der Waals surface area (Å²) in [6.45, 7) is 3.66. The number of hydrogen-bond donors (Lipinski definition) is 1. The van der Waals surface area contributed by atoms with Crippen molar-refractivity contribution in [2.75, 3.05) is 7.11 Å². The average Bonchev–Trinajstić information content (AvgIpc) is 3.14. The summed E-state index contributed by atoms with van der Waals surface area (Å²) in [5.74, 6) is -0.339. The van der Waals surface area contributed by atoms with Crippen molar-refractivity contribution in [2.45, 2.75) is 19.4 Å². The molecule has 0 aliphatic heterocycles. The zero-order chi connectivity index (χ0) is 35.0. The van der Waals surface area contributed by atoms with Gasteiger partial charge in [-0.2, -0.15) is 0 Å². The predicted octanol–water partition coefficient (Wildman–Crippen LogP) is 12.9. The monoisotopic (exact) mass is 780 g/mol. The van der Waals surface area contributed by atoms with E-state index < -0.39 is 5.60 Å². The summed E-state index contributed by atoms with van der Waals surface area (Å²) in [4.78, 5) is 12.3. The Balaban J connectivity index is 0.000000157. The number of carbonyl (C=O) groups is 1. The van der Waals surface area contributed by atoms with Crippen molar-refractivity contribution in [1.29, 1.82) is 0 Å². The van der Waals surface area contributed by atoms with Gasteiger partial charge in [-0.05, 0) is 109 Å². The van der Waals surface area contributed by atoms with Gasteiger partial charge in [0.05, 0.1) is 18.3 Å². The molecule has 0 heterocycles. The number of carbonyl (C=O) groups excluding carboxylic acids is 1. The summed E-state index contributed by atoms with van der Waals surface area (Å²) in [5.41, 5.74) is 4.66. The van der Waals surface area contributed by atoms with Crippen LogP contribution < -0.4 is 0 Å². The maximum Gasteiger partial charge on any atom is 0.338 e. The molecule has 8 rings (SSSR count). The molecular formula is C45H34Br2O3. The number of methoxy groups -OCH3 is 1. The van der Waals surface area contributed by atoms with Gasteiger partial charge in [-0.3, -0.25) is 0 Å². The van der Waals surface area contributed by atoms with Crippen molar-refractivity contribution in [2.24, 2.45) is 0 Å². The second-order valence-electron chi connectivity index (χ2n) is 12.8. The van der Waals surface area contributed by atoms with Gasteiger partial charge in [0.15, 0.2) is 0 Å². The molecule has 50 heavy (non-hydrogen) atoms. The molecule has 0 spiro atoms. The van der Waals surface area contributed by atoms with Gasteiger partial charge < -0.3 is 9.84 Å². The highest BCUT2D eigenvalue weighted by Crippen LogP contribution is 2.39. The number of fused-ring (bicyclic) bond motifs is 6. The standard InChI is InChI=1S/C23H19BrO.C22H15BrO2/c1-23(2,25)22-14-16(24)11-13-21(22)19-9-5-8-18-17-7-4-3-6-15(17)10-12-20(18)19;1-25-22(24)21-13-15(23)10-12-20(21)18-8-4-7-17-16-6-3-2-5-14(16)9-11-19(17)18/h3-14,25H,1-2H3;2-13H,1H3. The van der Waals surface area contributed by atoms with Gasteiger partial charge in [0.2, 0.25) is 0 Å². The van der Waals surface area contributed by atoms with E-state index in [9.17, 15) is 9.90 Å². The van der Waals surface area contributed by atoms with Gasteiger partial charge in [-0.15, -0.1) is 0 Å². The Hall–Kier alpha value is -4.81. The first-order valence-corrected chi connectivity index (χ1v) is 17.9. The number of ether oxygens (including phenoxy) is 1. The minimum absolute atomic E-state index is 0.339. The number of aliphatic hydroxyl groups is 1. The Bertz CT molecular complexity index is 2560. The van der Waals surface area contributed by atoms with Gasteiger partial charge in [-0.1, -0.05) is 153 Å². The predicted molar refractivity (Wildman–Crippen MR) is 216 cm³/mol. The van der Waals surface area contributed by atoms with E-state index in [0.717, 1.165) is 42.1 Å². The first-order valence-electron chi connectivity index (χ1n) is 16.4. The molecule has 0 atom stereocenters. The van der Waals surface area contributed by atoms with E-state index in [1.54, 1.807) is 6.07 Å². The summed E-state index contributed by atoms with van der Waals surface area (Å²) in [7, 11) is 1.41. The van der Waals surface area contributed by atoms with Crippen molar-refractivity contribution >= 4 is 80.9 Å². The molecule has 0 amide bonds. The third-order valence-corrected chi connectivity index (χ3v) is 10.2. The molecule has 1 N–H and O–H groups in total. The Morgan fingerprint density at radius 3 is 1.54 bits per heavy atom. The van der Waals surface area contributed by atoms with E-state index in [4.69, 9.17) is 4.74 Å². The molecular weight excluding hydrogens is 748 g/mol. The Morgan fingerprint density at radius 1 is 0.520 bits per heavy atom. The number of benzene rings is 8. The van der Waals surface area contributed by atoms with E-state index >= 15 is 0 Å². The van der Waals surface area contributed by atoms with E-state index in [1.165, 1.54) is 44.8 Å². The highest BCUT2D eigenvalue weighted by molar-refractivity contribution is 9.10. The summed E-state index contributed by atoms with van der Waals surface area (Å²) in [6, 6.07) is 49.8. The molecule has 0 radical (unpaired) electrons. The Labute approximate surface area is 308 Å². The van der Waals surface area contributed by atoms with Crippen LogP contribution in [0.3, 0.4) is 0 Å². The van der Waals surface area contributed by atoms with Crippen molar-refractivity contribution in [3.63, 3.8) is 0 Å². The van der Waals surface area contributed by atoms with Crippen LogP contribution in [0.25, 0.3) is 65.3 Å². The van der Waals surface area contributed by atoms with Crippen molar-refractivity contribution < 1.29 is 14.6 Å². The third kappa shape index (κ3) is 6.45. The van der Waals surface area contributed by atoms with Crippen LogP contribution >= 0.6 is 31.9 Å². The number of rotatable bonds is 4. The fourth-order valence-electron chi connectivity index (χ4n) is 6.84. The quantitative estimate of drug-likeness (QED) is 0.143. The van der Waals surface area contributed by atoms with Gasteiger partial charge in [-0.25, -0.2) is 4.79 Å². The number of esters is 1. The minimum Gasteiger partial charge on any atom is -0.465 e. The molecule has 0 saturated heterocycles. The lowest BCUT2D eigenvalue weighted by Crippen LogP contribution is -2.16. The van der Waals surface area contributed by atoms with Crippen molar-refractivity contribution in [3.05, 3.63) is 166 Å². The van der Waals surface area contributed by atoms with Crippen LogP contribution in [0.2, 0.25) is 0 Å². The second-order valence-corrected chi connectivity index (χ2v) is 14.6. The van der Waals surface area contributed by atoms with Crippen LogP contribution in [-0.4, -0.2) is 18.2 Å². The lowest BCUT2D eigenvalue weighted by atomic mass is 9.87. The molecule has 8 aromatic carbocycles. The van der Waals surface area contributed by atoms with E-state index in [-0.39, 0.29) is 5.97 Å². The largest absolute Gasteiger partial charge is 0.465 e.